The largest absolute Gasteiger partial charge is 0.480 e. The van der Waals surface area contributed by atoms with Gasteiger partial charge in [-0.15, -0.1) is 0 Å². The Bertz CT molecular complexity index is 675. The molecular formula is C16H18BrF2NO4. The number of rotatable bonds is 2. The van der Waals surface area contributed by atoms with Gasteiger partial charge in [0.05, 0.1) is 4.47 Å². The van der Waals surface area contributed by atoms with Crippen molar-refractivity contribution in [2.45, 2.75) is 44.8 Å². The van der Waals surface area contributed by atoms with Crippen LogP contribution in [0, 0.1) is 11.6 Å². The number of carboxylic acid groups (broad SMARTS) is 1. The Morgan fingerprint density at radius 1 is 1.33 bits per heavy atom. The SMILES string of the molecule is CC(C)(C)OC(=O)N1C[C@H](c2c(F)ccc(Br)c2F)CC1C(=O)O. The number of carbonyl (C=O) groups is 2. The maximum atomic E-state index is 14.3. The molecule has 1 saturated heterocycles. The fourth-order valence-electron chi connectivity index (χ4n) is 2.72. The first-order chi connectivity index (χ1) is 11.0. The molecule has 0 radical (unpaired) electrons. The minimum Gasteiger partial charge on any atom is -0.480 e. The molecule has 1 aliphatic heterocycles. The Labute approximate surface area is 146 Å². The minimum absolute atomic E-state index is 0.0845. The van der Waals surface area contributed by atoms with Crippen molar-refractivity contribution in [2.24, 2.45) is 0 Å². The van der Waals surface area contributed by atoms with Crippen LogP contribution in [0.5, 0.6) is 0 Å². The highest BCUT2D eigenvalue weighted by molar-refractivity contribution is 9.10. The van der Waals surface area contributed by atoms with Crippen LogP contribution in [0.25, 0.3) is 0 Å². The van der Waals surface area contributed by atoms with Crippen molar-refractivity contribution in [3.63, 3.8) is 0 Å². The third-order valence-corrected chi connectivity index (χ3v) is 4.31. The normalized spacial score (nSPS) is 21.0. The second-order valence-electron chi connectivity index (χ2n) is 6.68. The maximum Gasteiger partial charge on any atom is 0.411 e. The quantitative estimate of drug-likeness (QED) is 0.757. The molecule has 1 aliphatic rings. The van der Waals surface area contributed by atoms with Crippen LogP contribution in [0.2, 0.25) is 0 Å². The van der Waals surface area contributed by atoms with Crippen molar-refractivity contribution in [3.05, 3.63) is 33.8 Å². The Morgan fingerprint density at radius 3 is 2.50 bits per heavy atom. The standard InChI is InChI=1S/C16H18BrF2NO4/c1-16(2,3)24-15(23)20-7-8(6-11(20)14(21)22)12-10(18)5-4-9(17)13(12)19/h4-5,8,11H,6-7H2,1-3H3,(H,21,22)/t8-,11?/m1/s1. The average Bonchev–Trinajstić information content (AvgIpc) is 2.87. The number of aliphatic carboxylic acids is 1. The molecule has 2 rings (SSSR count). The fourth-order valence-corrected chi connectivity index (χ4v) is 3.06. The predicted octanol–water partition coefficient (Wildman–Crippen LogP) is 3.90. The summed E-state index contributed by atoms with van der Waals surface area (Å²) in [5.74, 6) is -3.55. The van der Waals surface area contributed by atoms with Crippen LogP contribution in [-0.4, -0.2) is 40.3 Å². The van der Waals surface area contributed by atoms with Crippen molar-refractivity contribution in [3.8, 4) is 0 Å². The number of halogens is 3. The highest BCUT2D eigenvalue weighted by Crippen LogP contribution is 2.37. The number of amides is 1. The van der Waals surface area contributed by atoms with Gasteiger partial charge < -0.3 is 9.84 Å². The zero-order chi connectivity index (χ0) is 18.2. The van der Waals surface area contributed by atoms with E-state index in [-0.39, 0.29) is 23.0 Å². The van der Waals surface area contributed by atoms with Gasteiger partial charge in [0, 0.05) is 18.0 Å². The van der Waals surface area contributed by atoms with E-state index in [2.05, 4.69) is 15.9 Å². The van der Waals surface area contributed by atoms with Gasteiger partial charge in [-0.05, 0) is 55.3 Å². The molecule has 132 valence electrons. The van der Waals surface area contributed by atoms with E-state index in [1.807, 2.05) is 0 Å². The Balaban J connectivity index is 2.33. The maximum absolute atomic E-state index is 14.3. The zero-order valence-corrected chi connectivity index (χ0v) is 15.1. The molecule has 1 unspecified atom stereocenters. The topological polar surface area (TPSA) is 66.8 Å². The summed E-state index contributed by atoms with van der Waals surface area (Å²) in [6.07, 6.45) is -0.896. The summed E-state index contributed by atoms with van der Waals surface area (Å²) < 4.78 is 33.6. The molecule has 5 nitrogen and oxygen atoms in total. The summed E-state index contributed by atoms with van der Waals surface area (Å²) >= 11 is 2.99. The molecule has 0 aromatic heterocycles. The van der Waals surface area contributed by atoms with Crippen LogP contribution in [0.3, 0.4) is 0 Å². The Morgan fingerprint density at radius 2 is 1.96 bits per heavy atom. The van der Waals surface area contributed by atoms with Crippen LogP contribution in [-0.2, 0) is 9.53 Å². The highest BCUT2D eigenvalue weighted by Gasteiger charge is 2.43. The van der Waals surface area contributed by atoms with Crippen molar-refractivity contribution < 1.29 is 28.2 Å². The lowest BCUT2D eigenvalue weighted by Crippen LogP contribution is -2.43. The van der Waals surface area contributed by atoms with Gasteiger partial charge in [-0.1, -0.05) is 0 Å². The Kier molecular flexibility index (Phi) is 5.17. The first-order valence-corrected chi connectivity index (χ1v) is 8.16. The van der Waals surface area contributed by atoms with E-state index >= 15 is 0 Å². The molecule has 0 aliphatic carbocycles. The third-order valence-electron chi connectivity index (χ3n) is 3.70. The van der Waals surface area contributed by atoms with Gasteiger partial charge in [0.2, 0.25) is 0 Å². The summed E-state index contributed by atoms with van der Waals surface area (Å²) in [4.78, 5) is 24.7. The number of nitrogens with zero attached hydrogens (tertiary/aromatic N) is 1. The van der Waals surface area contributed by atoms with Crippen molar-refractivity contribution in [1.82, 2.24) is 4.90 Å². The lowest BCUT2D eigenvalue weighted by Gasteiger charge is -2.26. The molecule has 1 fully saturated rings. The Hall–Kier alpha value is -1.70. The van der Waals surface area contributed by atoms with Gasteiger partial charge in [-0.2, -0.15) is 0 Å². The minimum atomic E-state index is -1.24. The summed E-state index contributed by atoms with van der Waals surface area (Å²) in [5.41, 5.74) is -1.02. The van der Waals surface area contributed by atoms with Gasteiger partial charge in [0.1, 0.15) is 23.3 Å². The van der Waals surface area contributed by atoms with Crippen LogP contribution in [0.4, 0.5) is 13.6 Å². The monoisotopic (exact) mass is 405 g/mol. The summed E-state index contributed by atoms with van der Waals surface area (Å²) in [5, 5.41) is 9.34. The highest BCUT2D eigenvalue weighted by atomic mass is 79.9. The second-order valence-corrected chi connectivity index (χ2v) is 7.53. The van der Waals surface area contributed by atoms with Crippen molar-refractivity contribution >= 4 is 28.0 Å². The molecule has 1 heterocycles. The molecule has 1 amide bonds. The van der Waals surface area contributed by atoms with Crippen molar-refractivity contribution in [2.75, 3.05) is 6.54 Å². The van der Waals surface area contributed by atoms with E-state index in [9.17, 15) is 23.5 Å². The third kappa shape index (κ3) is 3.85. The smallest absolute Gasteiger partial charge is 0.411 e. The number of hydrogen-bond donors (Lipinski definition) is 1. The number of likely N-dealkylation sites (tertiary alicyclic amines) is 1. The van der Waals surface area contributed by atoms with Crippen LogP contribution >= 0.6 is 15.9 Å². The molecule has 1 aromatic carbocycles. The average molecular weight is 406 g/mol. The number of ether oxygens (including phenoxy) is 1. The van der Waals surface area contributed by atoms with E-state index in [0.29, 0.717) is 0 Å². The number of benzene rings is 1. The summed E-state index contributed by atoms with van der Waals surface area (Å²) in [6.45, 7) is 4.84. The predicted molar refractivity (Wildman–Crippen MR) is 85.8 cm³/mol. The zero-order valence-electron chi connectivity index (χ0n) is 13.5. The summed E-state index contributed by atoms with van der Waals surface area (Å²) in [7, 11) is 0. The lowest BCUT2D eigenvalue weighted by molar-refractivity contribution is -0.142. The van der Waals surface area contributed by atoms with E-state index < -0.39 is 41.3 Å². The van der Waals surface area contributed by atoms with Gasteiger partial charge in [0.25, 0.3) is 0 Å². The molecule has 0 saturated carbocycles. The molecule has 2 atom stereocenters. The van der Waals surface area contributed by atoms with Crippen LogP contribution < -0.4 is 0 Å². The van der Waals surface area contributed by atoms with E-state index in [0.717, 1.165) is 11.0 Å². The van der Waals surface area contributed by atoms with E-state index in [1.165, 1.54) is 6.07 Å². The molecule has 0 spiro atoms. The molecule has 8 heteroatoms. The first-order valence-electron chi connectivity index (χ1n) is 7.37. The number of carbonyl (C=O) groups excluding carboxylic acids is 1. The van der Waals surface area contributed by atoms with Crippen molar-refractivity contribution in [1.29, 1.82) is 0 Å². The van der Waals surface area contributed by atoms with Gasteiger partial charge >= 0.3 is 12.1 Å². The van der Waals surface area contributed by atoms with Crippen LogP contribution in [0.15, 0.2) is 16.6 Å². The number of hydrogen-bond acceptors (Lipinski definition) is 3. The second kappa shape index (κ2) is 6.66. The molecule has 24 heavy (non-hydrogen) atoms. The molecule has 1 N–H and O–H groups in total. The molecule has 1 aromatic rings. The lowest BCUT2D eigenvalue weighted by atomic mass is 9.95. The van der Waals surface area contributed by atoms with E-state index in [1.54, 1.807) is 20.8 Å². The fraction of sp³-hybridized carbons (Fsp3) is 0.500. The van der Waals surface area contributed by atoms with Gasteiger partial charge in [-0.25, -0.2) is 18.4 Å². The first kappa shape index (κ1) is 18.6. The van der Waals surface area contributed by atoms with Crippen LogP contribution in [0.1, 0.15) is 38.7 Å². The van der Waals surface area contributed by atoms with Gasteiger partial charge in [0.15, 0.2) is 0 Å². The molecule has 0 bridgehead atoms. The van der Waals surface area contributed by atoms with Gasteiger partial charge in [-0.3, -0.25) is 4.90 Å². The van der Waals surface area contributed by atoms with E-state index in [4.69, 9.17) is 4.74 Å². The number of carboxylic acids is 1. The summed E-state index contributed by atoms with van der Waals surface area (Å²) in [6, 6.07) is 1.15. The molecular weight excluding hydrogens is 388 g/mol.